The molecule has 0 bridgehead atoms. The first-order valence-electron chi connectivity index (χ1n) is 4.69. The summed E-state index contributed by atoms with van der Waals surface area (Å²) < 4.78 is 4.68. The largest absolute Gasteiger partial charge is 0.468 e. The summed E-state index contributed by atoms with van der Waals surface area (Å²) >= 11 is 0. The van der Waals surface area contributed by atoms with Crippen molar-refractivity contribution < 1.29 is 9.53 Å². The average Bonchev–Trinajstić information content (AvgIpc) is 2.17. The molecule has 0 aromatic rings. The van der Waals surface area contributed by atoms with E-state index >= 15 is 0 Å². The molecule has 1 saturated heterocycles. The highest BCUT2D eigenvalue weighted by Crippen LogP contribution is 2.05. The number of methoxy groups -OCH3 is 1. The lowest BCUT2D eigenvalue weighted by molar-refractivity contribution is -0.143. The second-order valence-electron chi connectivity index (χ2n) is 3.75. The Morgan fingerprint density at radius 2 is 2.15 bits per heavy atom. The molecule has 0 saturated carbocycles. The molecule has 0 spiro atoms. The molecule has 0 radical (unpaired) electrons. The SMILES string of the molecule is COC(=O)C1CNCC(C(C)C)N1. The maximum absolute atomic E-state index is 11.2. The smallest absolute Gasteiger partial charge is 0.324 e. The van der Waals surface area contributed by atoms with E-state index in [9.17, 15) is 4.79 Å². The van der Waals surface area contributed by atoms with E-state index in [-0.39, 0.29) is 12.0 Å². The van der Waals surface area contributed by atoms with Gasteiger partial charge in [0.25, 0.3) is 0 Å². The van der Waals surface area contributed by atoms with Crippen molar-refractivity contribution in [3.63, 3.8) is 0 Å². The lowest BCUT2D eigenvalue weighted by Crippen LogP contribution is -2.59. The molecule has 2 atom stereocenters. The van der Waals surface area contributed by atoms with Gasteiger partial charge in [0.1, 0.15) is 6.04 Å². The van der Waals surface area contributed by atoms with Crippen molar-refractivity contribution in [2.24, 2.45) is 5.92 Å². The van der Waals surface area contributed by atoms with E-state index in [1.807, 2.05) is 0 Å². The van der Waals surface area contributed by atoms with Crippen LogP contribution in [0.1, 0.15) is 13.8 Å². The Kier molecular flexibility index (Phi) is 3.69. The van der Waals surface area contributed by atoms with Gasteiger partial charge in [0.2, 0.25) is 0 Å². The van der Waals surface area contributed by atoms with Crippen molar-refractivity contribution in [3.8, 4) is 0 Å². The number of hydrogen-bond donors (Lipinski definition) is 2. The number of piperazine rings is 1. The van der Waals surface area contributed by atoms with Crippen LogP contribution in [-0.2, 0) is 9.53 Å². The number of ether oxygens (including phenoxy) is 1. The summed E-state index contributed by atoms with van der Waals surface area (Å²) in [5.41, 5.74) is 0. The Bertz CT molecular complexity index is 182. The molecule has 1 fully saturated rings. The van der Waals surface area contributed by atoms with Crippen LogP contribution in [0.2, 0.25) is 0 Å². The third-order valence-corrected chi connectivity index (χ3v) is 2.42. The topological polar surface area (TPSA) is 50.4 Å². The van der Waals surface area contributed by atoms with Gasteiger partial charge >= 0.3 is 5.97 Å². The molecule has 1 aliphatic heterocycles. The first kappa shape index (κ1) is 10.5. The molecule has 0 aromatic carbocycles. The Hall–Kier alpha value is -0.610. The van der Waals surface area contributed by atoms with Crippen molar-refractivity contribution in [1.29, 1.82) is 0 Å². The first-order chi connectivity index (χ1) is 6.15. The number of carbonyl (C=O) groups is 1. The molecular formula is C9H18N2O2. The van der Waals surface area contributed by atoms with Crippen molar-refractivity contribution >= 4 is 5.97 Å². The van der Waals surface area contributed by atoms with E-state index in [1.54, 1.807) is 0 Å². The molecule has 0 aliphatic carbocycles. The Morgan fingerprint density at radius 1 is 1.46 bits per heavy atom. The molecule has 2 N–H and O–H groups in total. The summed E-state index contributed by atoms with van der Waals surface area (Å²) in [6.45, 7) is 5.86. The van der Waals surface area contributed by atoms with Crippen LogP contribution >= 0.6 is 0 Å². The number of carbonyl (C=O) groups excluding carboxylic acids is 1. The average molecular weight is 186 g/mol. The van der Waals surface area contributed by atoms with Gasteiger partial charge in [0.15, 0.2) is 0 Å². The summed E-state index contributed by atoms with van der Waals surface area (Å²) in [6.07, 6.45) is 0. The van der Waals surface area contributed by atoms with Gasteiger partial charge in [-0.25, -0.2) is 0 Å². The second-order valence-corrected chi connectivity index (χ2v) is 3.75. The zero-order valence-electron chi connectivity index (χ0n) is 8.46. The molecule has 1 rings (SSSR count). The fraction of sp³-hybridized carbons (Fsp3) is 0.889. The third-order valence-electron chi connectivity index (χ3n) is 2.42. The maximum Gasteiger partial charge on any atom is 0.324 e. The van der Waals surface area contributed by atoms with Crippen molar-refractivity contribution in [3.05, 3.63) is 0 Å². The Labute approximate surface area is 79.0 Å². The normalized spacial score (nSPS) is 28.9. The van der Waals surface area contributed by atoms with Crippen molar-refractivity contribution in [2.75, 3.05) is 20.2 Å². The molecule has 2 unspecified atom stereocenters. The fourth-order valence-electron chi connectivity index (χ4n) is 1.48. The van der Waals surface area contributed by atoms with E-state index < -0.39 is 0 Å². The molecule has 0 aromatic heterocycles. The number of rotatable bonds is 2. The quantitative estimate of drug-likeness (QED) is 0.584. The van der Waals surface area contributed by atoms with Crippen molar-refractivity contribution in [2.45, 2.75) is 25.9 Å². The van der Waals surface area contributed by atoms with Crippen LogP contribution in [0.5, 0.6) is 0 Å². The highest BCUT2D eigenvalue weighted by Gasteiger charge is 2.27. The molecule has 4 nitrogen and oxygen atoms in total. The molecule has 13 heavy (non-hydrogen) atoms. The van der Waals surface area contributed by atoms with Gasteiger partial charge in [-0.2, -0.15) is 0 Å². The van der Waals surface area contributed by atoms with E-state index in [4.69, 9.17) is 0 Å². The lowest BCUT2D eigenvalue weighted by Gasteiger charge is -2.32. The van der Waals surface area contributed by atoms with E-state index in [0.717, 1.165) is 6.54 Å². The van der Waals surface area contributed by atoms with Gasteiger partial charge in [-0.05, 0) is 5.92 Å². The summed E-state index contributed by atoms with van der Waals surface area (Å²) in [5.74, 6) is 0.345. The van der Waals surface area contributed by atoms with Crippen LogP contribution in [0.25, 0.3) is 0 Å². The molecule has 1 aliphatic rings. The highest BCUT2D eigenvalue weighted by atomic mass is 16.5. The van der Waals surface area contributed by atoms with Gasteiger partial charge in [-0.3, -0.25) is 10.1 Å². The van der Waals surface area contributed by atoms with Gasteiger partial charge in [-0.1, -0.05) is 13.8 Å². The zero-order chi connectivity index (χ0) is 9.84. The summed E-state index contributed by atoms with van der Waals surface area (Å²) in [6, 6.07) is 0.170. The lowest BCUT2D eigenvalue weighted by atomic mass is 10.0. The molecule has 76 valence electrons. The minimum absolute atomic E-state index is 0.183. The molecule has 0 amide bonds. The summed E-state index contributed by atoms with van der Waals surface area (Å²) in [4.78, 5) is 11.2. The zero-order valence-corrected chi connectivity index (χ0v) is 8.46. The Balaban J connectivity index is 2.46. The van der Waals surface area contributed by atoms with Gasteiger partial charge in [-0.15, -0.1) is 0 Å². The molecule has 4 heteroatoms. The van der Waals surface area contributed by atoms with Crippen LogP contribution in [0, 0.1) is 5.92 Å². The predicted molar refractivity (Wildman–Crippen MR) is 50.4 cm³/mol. The number of hydrogen-bond acceptors (Lipinski definition) is 4. The van der Waals surface area contributed by atoms with Crippen LogP contribution < -0.4 is 10.6 Å². The summed E-state index contributed by atoms with van der Waals surface area (Å²) in [7, 11) is 1.42. The van der Waals surface area contributed by atoms with Crippen LogP contribution in [0.4, 0.5) is 0 Å². The van der Waals surface area contributed by atoms with E-state index in [0.29, 0.717) is 18.5 Å². The first-order valence-corrected chi connectivity index (χ1v) is 4.69. The van der Waals surface area contributed by atoms with E-state index in [1.165, 1.54) is 7.11 Å². The van der Waals surface area contributed by atoms with Gasteiger partial charge in [0, 0.05) is 19.1 Å². The van der Waals surface area contributed by atoms with Crippen LogP contribution in [-0.4, -0.2) is 38.3 Å². The molecule has 1 heterocycles. The monoisotopic (exact) mass is 186 g/mol. The van der Waals surface area contributed by atoms with Crippen LogP contribution in [0.3, 0.4) is 0 Å². The summed E-state index contributed by atoms with van der Waals surface area (Å²) in [5, 5.41) is 6.48. The Morgan fingerprint density at radius 3 is 2.69 bits per heavy atom. The minimum Gasteiger partial charge on any atom is -0.468 e. The standard InChI is InChI=1S/C9H18N2O2/c1-6(2)7-4-10-5-8(11-7)9(12)13-3/h6-8,10-11H,4-5H2,1-3H3. The van der Waals surface area contributed by atoms with Crippen LogP contribution in [0.15, 0.2) is 0 Å². The fourth-order valence-corrected chi connectivity index (χ4v) is 1.48. The minimum atomic E-state index is -0.189. The number of esters is 1. The van der Waals surface area contributed by atoms with E-state index in [2.05, 4.69) is 29.2 Å². The highest BCUT2D eigenvalue weighted by molar-refractivity contribution is 5.76. The molecular weight excluding hydrogens is 168 g/mol. The van der Waals surface area contributed by atoms with Crippen molar-refractivity contribution in [1.82, 2.24) is 10.6 Å². The maximum atomic E-state index is 11.2. The number of nitrogens with one attached hydrogen (secondary N) is 2. The predicted octanol–water partition coefficient (Wildman–Crippen LogP) is -0.255. The second kappa shape index (κ2) is 4.58. The van der Waals surface area contributed by atoms with Gasteiger partial charge in [0.05, 0.1) is 7.11 Å². The van der Waals surface area contributed by atoms with Gasteiger partial charge < -0.3 is 10.1 Å². The third kappa shape index (κ3) is 2.67.